The molecular weight excluding hydrogens is 226 g/mol. The van der Waals surface area contributed by atoms with E-state index in [1.165, 1.54) is 12.8 Å². The first-order valence-electron chi connectivity index (χ1n) is 6.73. The third kappa shape index (κ3) is 3.84. The number of unbranched alkanes of at least 4 members (excludes halogenated alkanes) is 1. The van der Waals surface area contributed by atoms with Crippen molar-refractivity contribution in [2.45, 2.75) is 59.4 Å². The number of nitrogens with two attached hydrogens (primary N) is 1. The van der Waals surface area contributed by atoms with Crippen molar-refractivity contribution < 1.29 is 0 Å². The molecule has 0 bridgehead atoms. The smallest absolute Gasteiger partial charge is 0.148 e. The van der Waals surface area contributed by atoms with Crippen LogP contribution in [0.5, 0.6) is 0 Å². The minimum Gasteiger partial charge on any atom is -0.367 e. The Hall–Kier alpha value is -1.36. The summed E-state index contributed by atoms with van der Waals surface area (Å²) in [7, 11) is 0. The van der Waals surface area contributed by atoms with Gasteiger partial charge < -0.3 is 10.7 Å². The molecule has 18 heavy (non-hydrogen) atoms. The number of aromatic nitrogens is 2. The summed E-state index contributed by atoms with van der Waals surface area (Å²) in [6.45, 7) is 8.39. The van der Waals surface area contributed by atoms with Gasteiger partial charge in [-0.25, -0.2) is 15.8 Å². The Labute approximate surface area is 110 Å². The minimum atomic E-state index is 0.411. The predicted octanol–water partition coefficient (Wildman–Crippen LogP) is 2.62. The lowest BCUT2D eigenvalue weighted by atomic mass is 10.1. The lowest BCUT2D eigenvalue weighted by Crippen LogP contribution is -2.19. The van der Waals surface area contributed by atoms with E-state index in [1.807, 2.05) is 13.8 Å². The fourth-order valence-electron chi connectivity index (χ4n) is 1.82. The van der Waals surface area contributed by atoms with Crippen molar-refractivity contribution in [3.05, 3.63) is 11.4 Å². The van der Waals surface area contributed by atoms with Crippen LogP contribution < -0.4 is 16.6 Å². The molecule has 1 aromatic rings. The van der Waals surface area contributed by atoms with Crippen LogP contribution in [0, 0.1) is 6.92 Å². The molecule has 1 heterocycles. The third-order valence-corrected chi connectivity index (χ3v) is 3.02. The van der Waals surface area contributed by atoms with Gasteiger partial charge in [-0.1, -0.05) is 26.7 Å². The third-order valence-electron chi connectivity index (χ3n) is 3.02. The molecule has 0 saturated heterocycles. The first-order chi connectivity index (χ1) is 8.62. The first-order valence-corrected chi connectivity index (χ1v) is 6.73. The van der Waals surface area contributed by atoms with Crippen molar-refractivity contribution in [2.75, 3.05) is 10.7 Å². The van der Waals surface area contributed by atoms with Gasteiger partial charge in [0.1, 0.15) is 17.5 Å². The second kappa shape index (κ2) is 7.16. The number of aryl methyl sites for hydroxylation is 1. The number of anilines is 2. The Morgan fingerprint density at radius 3 is 2.44 bits per heavy atom. The predicted molar refractivity (Wildman–Crippen MR) is 76.6 cm³/mol. The van der Waals surface area contributed by atoms with Crippen molar-refractivity contribution in [3.63, 3.8) is 0 Å². The van der Waals surface area contributed by atoms with Gasteiger partial charge in [0, 0.05) is 18.0 Å². The van der Waals surface area contributed by atoms with Gasteiger partial charge in [0.05, 0.1) is 0 Å². The molecule has 5 heteroatoms. The second-order valence-corrected chi connectivity index (χ2v) is 4.65. The van der Waals surface area contributed by atoms with Crippen molar-refractivity contribution in [1.82, 2.24) is 9.97 Å². The van der Waals surface area contributed by atoms with Crippen LogP contribution in [0.2, 0.25) is 0 Å². The topological polar surface area (TPSA) is 75.9 Å². The Morgan fingerprint density at radius 1 is 1.22 bits per heavy atom. The van der Waals surface area contributed by atoms with Crippen molar-refractivity contribution in [3.8, 4) is 0 Å². The number of nitrogen functional groups attached to an aromatic ring is 1. The maximum Gasteiger partial charge on any atom is 0.148 e. The lowest BCUT2D eigenvalue weighted by molar-refractivity contribution is 0.642. The highest BCUT2D eigenvalue weighted by Crippen LogP contribution is 2.20. The molecule has 0 fully saturated rings. The maximum absolute atomic E-state index is 5.49. The van der Waals surface area contributed by atoms with Crippen molar-refractivity contribution >= 4 is 11.6 Å². The molecule has 0 aliphatic heterocycles. The van der Waals surface area contributed by atoms with Crippen LogP contribution in [0.3, 0.4) is 0 Å². The van der Waals surface area contributed by atoms with Crippen LogP contribution in [0.4, 0.5) is 11.6 Å². The summed E-state index contributed by atoms with van der Waals surface area (Å²) in [5, 5.41) is 3.45. The molecule has 1 atom stereocenters. The standard InChI is InChI=1S/C13H25N5/c1-5-7-8-9(3)15-12-10(4)13(18-14)17-11(6-2)16-12/h9H,5-8,14H2,1-4H3,(H2,15,16,17,18). The van der Waals surface area contributed by atoms with E-state index in [9.17, 15) is 0 Å². The average molecular weight is 251 g/mol. The molecule has 4 N–H and O–H groups in total. The van der Waals surface area contributed by atoms with Gasteiger partial charge >= 0.3 is 0 Å². The molecule has 0 radical (unpaired) electrons. The van der Waals surface area contributed by atoms with Crippen LogP contribution in [-0.2, 0) is 6.42 Å². The Morgan fingerprint density at radius 2 is 1.89 bits per heavy atom. The summed E-state index contributed by atoms with van der Waals surface area (Å²) < 4.78 is 0. The van der Waals surface area contributed by atoms with E-state index in [1.54, 1.807) is 0 Å². The summed E-state index contributed by atoms with van der Waals surface area (Å²) in [5.74, 6) is 7.88. The normalized spacial score (nSPS) is 12.3. The fraction of sp³-hybridized carbons (Fsp3) is 0.692. The van der Waals surface area contributed by atoms with E-state index in [0.717, 1.165) is 30.0 Å². The molecule has 0 amide bonds. The quantitative estimate of drug-likeness (QED) is 0.513. The first kappa shape index (κ1) is 14.7. The molecule has 0 aliphatic carbocycles. The molecular formula is C13H25N5. The number of hydrogen-bond donors (Lipinski definition) is 3. The molecule has 1 rings (SSSR count). The zero-order valence-corrected chi connectivity index (χ0v) is 11.9. The van der Waals surface area contributed by atoms with Gasteiger partial charge in [-0.3, -0.25) is 0 Å². The fourth-order valence-corrected chi connectivity index (χ4v) is 1.82. The Bertz CT molecular complexity index is 378. The zero-order valence-electron chi connectivity index (χ0n) is 11.9. The van der Waals surface area contributed by atoms with Crippen LogP contribution in [0.25, 0.3) is 0 Å². The van der Waals surface area contributed by atoms with Gasteiger partial charge in [-0.2, -0.15) is 0 Å². The van der Waals surface area contributed by atoms with Crippen molar-refractivity contribution in [2.24, 2.45) is 5.84 Å². The number of nitrogens with zero attached hydrogens (tertiary/aromatic N) is 2. The monoisotopic (exact) mass is 251 g/mol. The summed E-state index contributed by atoms with van der Waals surface area (Å²) in [4.78, 5) is 8.88. The number of nitrogens with one attached hydrogen (secondary N) is 2. The highest BCUT2D eigenvalue weighted by atomic mass is 15.3. The summed E-state index contributed by atoms with van der Waals surface area (Å²) in [6.07, 6.45) is 4.38. The molecule has 1 aromatic heterocycles. The lowest BCUT2D eigenvalue weighted by Gasteiger charge is -2.18. The van der Waals surface area contributed by atoms with Gasteiger partial charge in [0.15, 0.2) is 0 Å². The van der Waals surface area contributed by atoms with Crippen LogP contribution in [-0.4, -0.2) is 16.0 Å². The van der Waals surface area contributed by atoms with E-state index in [-0.39, 0.29) is 0 Å². The molecule has 0 aromatic carbocycles. The van der Waals surface area contributed by atoms with Gasteiger partial charge in [0.2, 0.25) is 0 Å². The molecule has 0 aliphatic rings. The average Bonchev–Trinajstić information content (AvgIpc) is 2.38. The molecule has 102 valence electrons. The van der Waals surface area contributed by atoms with E-state index >= 15 is 0 Å². The number of rotatable bonds is 7. The van der Waals surface area contributed by atoms with Gasteiger partial charge in [0.25, 0.3) is 0 Å². The largest absolute Gasteiger partial charge is 0.367 e. The van der Waals surface area contributed by atoms with Crippen LogP contribution >= 0.6 is 0 Å². The maximum atomic E-state index is 5.49. The highest BCUT2D eigenvalue weighted by Gasteiger charge is 2.11. The molecule has 0 saturated carbocycles. The number of hydrogen-bond acceptors (Lipinski definition) is 5. The minimum absolute atomic E-state index is 0.411. The highest BCUT2D eigenvalue weighted by molar-refractivity contribution is 5.57. The SMILES string of the molecule is CCCCC(C)Nc1nc(CC)nc(NN)c1C. The van der Waals surface area contributed by atoms with Crippen molar-refractivity contribution in [1.29, 1.82) is 0 Å². The molecule has 1 unspecified atom stereocenters. The van der Waals surface area contributed by atoms with E-state index in [4.69, 9.17) is 5.84 Å². The molecule has 0 spiro atoms. The zero-order chi connectivity index (χ0) is 13.5. The summed E-state index contributed by atoms with van der Waals surface area (Å²) in [5.41, 5.74) is 3.61. The summed E-state index contributed by atoms with van der Waals surface area (Å²) in [6, 6.07) is 0.411. The second-order valence-electron chi connectivity index (χ2n) is 4.65. The van der Waals surface area contributed by atoms with Gasteiger partial charge in [-0.05, 0) is 20.3 Å². The van der Waals surface area contributed by atoms with E-state index in [0.29, 0.717) is 11.9 Å². The van der Waals surface area contributed by atoms with E-state index < -0.39 is 0 Å². The van der Waals surface area contributed by atoms with Gasteiger partial charge in [-0.15, -0.1) is 0 Å². The van der Waals surface area contributed by atoms with Crippen LogP contribution in [0.1, 0.15) is 51.4 Å². The Balaban J connectivity index is 2.86. The van der Waals surface area contributed by atoms with Crippen LogP contribution in [0.15, 0.2) is 0 Å². The summed E-state index contributed by atoms with van der Waals surface area (Å²) >= 11 is 0. The number of hydrazine groups is 1. The molecule has 5 nitrogen and oxygen atoms in total. The Kier molecular flexibility index (Phi) is 5.85. The van der Waals surface area contributed by atoms with E-state index in [2.05, 4.69) is 34.6 Å².